The molecule has 4 rings (SSSR count). The smallest absolute Gasteiger partial charge is 0.267 e. The first-order valence-electron chi connectivity index (χ1n) is 8.77. The zero-order chi connectivity index (χ0) is 20.4. The first-order valence-corrected chi connectivity index (χ1v) is 12.2. The largest absolute Gasteiger partial charge is 0.321 e. The Morgan fingerprint density at radius 1 is 1.21 bits per heavy atom. The summed E-state index contributed by atoms with van der Waals surface area (Å²) in [5, 5.41) is 15.5. The summed E-state index contributed by atoms with van der Waals surface area (Å²) in [6.45, 7) is 2.80. The van der Waals surface area contributed by atoms with Crippen molar-refractivity contribution in [3.05, 3.63) is 46.4 Å². The van der Waals surface area contributed by atoms with Crippen LogP contribution in [0.15, 0.2) is 40.9 Å². The number of tetrazole rings is 1. The maximum absolute atomic E-state index is 13.0. The van der Waals surface area contributed by atoms with Gasteiger partial charge in [-0.3, -0.25) is 4.79 Å². The molecule has 0 atom stereocenters. The maximum Gasteiger partial charge on any atom is 0.267 e. The van der Waals surface area contributed by atoms with Gasteiger partial charge in [0.25, 0.3) is 5.91 Å². The van der Waals surface area contributed by atoms with Crippen molar-refractivity contribution in [2.24, 2.45) is 0 Å². The lowest BCUT2D eigenvalue weighted by Gasteiger charge is -2.25. The van der Waals surface area contributed by atoms with E-state index in [1.807, 2.05) is 6.92 Å². The maximum atomic E-state index is 13.0. The molecule has 1 aromatic carbocycles. The van der Waals surface area contributed by atoms with Gasteiger partial charge < -0.3 is 5.32 Å². The van der Waals surface area contributed by atoms with E-state index in [2.05, 4.69) is 20.8 Å². The van der Waals surface area contributed by atoms with Crippen LogP contribution in [0.3, 0.4) is 0 Å². The average molecular weight is 451 g/mol. The molecule has 0 radical (unpaired) electrons. The second-order valence-corrected chi connectivity index (χ2v) is 10.4. The number of rotatable bonds is 5. The Morgan fingerprint density at radius 3 is 2.69 bits per heavy atom. The van der Waals surface area contributed by atoms with Crippen LogP contribution >= 0.6 is 23.1 Å². The molecule has 0 spiro atoms. The highest BCUT2D eigenvalue weighted by atomic mass is 32.2. The molecule has 0 unspecified atom stereocenters. The zero-order valence-corrected chi connectivity index (χ0v) is 17.9. The fourth-order valence-electron chi connectivity index (χ4n) is 3.04. The van der Waals surface area contributed by atoms with Crippen LogP contribution < -0.4 is 5.32 Å². The number of hydrogen-bond acceptors (Lipinski definition) is 8. The van der Waals surface area contributed by atoms with Gasteiger partial charge in [-0.1, -0.05) is 0 Å². The van der Waals surface area contributed by atoms with E-state index in [9.17, 15) is 13.2 Å². The molecule has 152 valence electrons. The quantitative estimate of drug-likeness (QED) is 0.633. The van der Waals surface area contributed by atoms with Crippen molar-refractivity contribution in [3.8, 4) is 5.69 Å². The fraction of sp³-hybridized carbons (Fsp3) is 0.294. The first kappa shape index (κ1) is 20.0. The highest BCUT2D eigenvalue weighted by Gasteiger charge is 2.31. The minimum atomic E-state index is -3.69. The number of aromatic nitrogens is 4. The number of benzene rings is 1. The Kier molecular flexibility index (Phi) is 5.67. The highest BCUT2D eigenvalue weighted by molar-refractivity contribution is 7.99. The summed E-state index contributed by atoms with van der Waals surface area (Å²) in [4.78, 5) is 13.1. The van der Waals surface area contributed by atoms with Crippen LogP contribution in [0.1, 0.15) is 15.2 Å². The van der Waals surface area contributed by atoms with Crippen LogP contribution in [0.5, 0.6) is 0 Å². The third kappa shape index (κ3) is 4.06. The van der Waals surface area contributed by atoms with Gasteiger partial charge in [-0.25, -0.2) is 13.1 Å². The van der Waals surface area contributed by atoms with Gasteiger partial charge in [-0.05, 0) is 52.6 Å². The molecule has 0 bridgehead atoms. The Balaban J connectivity index is 1.56. The molecule has 0 saturated carbocycles. The molecule has 1 aliphatic rings. The van der Waals surface area contributed by atoms with Gasteiger partial charge in [0.15, 0.2) is 0 Å². The van der Waals surface area contributed by atoms with Crippen LogP contribution in [-0.2, 0) is 10.0 Å². The number of thioether (sulfide) groups is 1. The molecule has 29 heavy (non-hydrogen) atoms. The predicted octanol–water partition coefficient (Wildman–Crippen LogP) is 2.02. The van der Waals surface area contributed by atoms with E-state index >= 15 is 0 Å². The molecule has 12 heteroatoms. The number of sulfonamides is 1. The van der Waals surface area contributed by atoms with Crippen LogP contribution in [0.25, 0.3) is 5.69 Å². The summed E-state index contributed by atoms with van der Waals surface area (Å²) < 4.78 is 28.9. The van der Waals surface area contributed by atoms with Crippen molar-refractivity contribution >= 4 is 44.7 Å². The molecular weight excluding hydrogens is 432 g/mol. The van der Waals surface area contributed by atoms with Gasteiger partial charge in [0, 0.05) is 30.3 Å². The van der Waals surface area contributed by atoms with Gasteiger partial charge in [0.2, 0.25) is 10.0 Å². The monoisotopic (exact) mass is 450 g/mol. The number of nitrogens with zero attached hydrogens (tertiary/aromatic N) is 5. The number of hydrogen-bond donors (Lipinski definition) is 1. The second kappa shape index (κ2) is 8.22. The third-order valence-electron chi connectivity index (χ3n) is 4.47. The van der Waals surface area contributed by atoms with E-state index in [4.69, 9.17) is 0 Å². The van der Waals surface area contributed by atoms with Gasteiger partial charge in [0.1, 0.15) is 16.1 Å². The van der Waals surface area contributed by atoms with E-state index in [0.29, 0.717) is 18.8 Å². The number of thiophene rings is 1. The van der Waals surface area contributed by atoms with E-state index in [0.717, 1.165) is 34.1 Å². The molecule has 9 nitrogen and oxygen atoms in total. The van der Waals surface area contributed by atoms with Crippen molar-refractivity contribution in [1.29, 1.82) is 0 Å². The van der Waals surface area contributed by atoms with Crippen LogP contribution in [-0.4, -0.2) is 63.4 Å². The second-order valence-electron chi connectivity index (χ2n) is 6.34. The number of carbonyl (C=O) groups excluding carboxylic acids is 1. The Morgan fingerprint density at radius 2 is 2.00 bits per heavy atom. The van der Waals surface area contributed by atoms with Gasteiger partial charge in [0.05, 0.1) is 5.69 Å². The SMILES string of the molecule is Cc1cc(NC(=O)c2sccc2S(=O)(=O)N2CCSCC2)ccc1-n1cnnn1. The molecule has 1 N–H and O–H groups in total. The molecule has 0 aliphatic carbocycles. The number of anilines is 1. The summed E-state index contributed by atoms with van der Waals surface area (Å²) in [6.07, 6.45) is 1.49. The fourth-order valence-corrected chi connectivity index (χ4v) is 6.91. The summed E-state index contributed by atoms with van der Waals surface area (Å²) in [6, 6.07) is 6.81. The van der Waals surface area contributed by atoms with Crippen LogP contribution in [0.2, 0.25) is 0 Å². The number of carbonyl (C=O) groups is 1. The Labute approximate surface area is 176 Å². The summed E-state index contributed by atoms with van der Waals surface area (Å²) >= 11 is 2.85. The summed E-state index contributed by atoms with van der Waals surface area (Å²) in [5.41, 5.74) is 2.21. The molecule has 1 aliphatic heterocycles. The Hall–Kier alpha value is -2.28. The van der Waals surface area contributed by atoms with Crippen molar-refractivity contribution in [3.63, 3.8) is 0 Å². The van der Waals surface area contributed by atoms with Crippen molar-refractivity contribution in [1.82, 2.24) is 24.5 Å². The van der Waals surface area contributed by atoms with Crippen LogP contribution in [0, 0.1) is 6.92 Å². The van der Waals surface area contributed by atoms with Crippen molar-refractivity contribution in [2.45, 2.75) is 11.8 Å². The molecule has 3 heterocycles. The van der Waals surface area contributed by atoms with Gasteiger partial charge in [-0.2, -0.15) is 16.1 Å². The van der Waals surface area contributed by atoms with Crippen molar-refractivity contribution in [2.75, 3.05) is 29.9 Å². The Bertz CT molecular complexity index is 1120. The van der Waals surface area contributed by atoms with E-state index in [1.165, 1.54) is 21.4 Å². The minimum absolute atomic E-state index is 0.0638. The topological polar surface area (TPSA) is 110 Å². The lowest BCUT2D eigenvalue weighted by Crippen LogP contribution is -2.38. The highest BCUT2D eigenvalue weighted by Crippen LogP contribution is 2.28. The lowest BCUT2D eigenvalue weighted by molar-refractivity contribution is 0.102. The normalized spacial score (nSPS) is 15.3. The predicted molar refractivity (Wildman–Crippen MR) is 112 cm³/mol. The summed E-state index contributed by atoms with van der Waals surface area (Å²) in [5.74, 6) is 1.08. The standard InChI is InChI=1S/C17H18N6O3S3/c1-12-10-13(2-3-14(12)23-11-18-20-21-23)19-17(24)16-15(4-7-28-16)29(25,26)22-5-8-27-9-6-22/h2-4,7,10-11H,5-6,8-9H2,1H3,(H,19,24). The van der Waals surface area contributed by atoms with Crippen LogP contribution in [0.4, 0.5) is 5.69 Å². The van der Waals surface area contributed by atoms with E-state index < -0.39 is 15.9 Å². The summed E-state index contributed by atoms with van der Waals surface area (Å²) in [7, 11) is -3.69. The first-order chi connectivity index (χ1) is 14.0. The molecular formula is C17H18N6O3S3. The molecule has 1 fully saturated rings. The lowest BCUT2D eigenvalue weighted by atomic mass is 10.2. The van der Waals surface area contributed by atoms with Gasteiger partial charge >= 0.3 is 0 Å². The molecule has 1 amide bonds. The van der Waals surface area contributed by atoms with E-state index in [1.54, 1.807) is 35.3 Å². The number of amides is 1. The van der Waals surface area contributed by atoms with Gasteiger partial charge in [-0.15, -0.1) is 16.4 Å². The number of aryl methyl sites for hydroxylation is 1. The average Bonchev–Trinajstić information content (AvgIpc) is 3.41. The third-order valence-corrected chi connectivity index (χ3v) is 8.40. The number of nitrogens with one attached hydrogen (secondary N) is 1. The molecule has 1 saturated heterocycles. The van der Waals surface area contributed by atoms with Crippen molar-refractivity contribution < 1.29 is 13.2 Å². The minimum Gasteiger partial charge on any atom is -0.321 e. The molecule has 2 aromatic heterocycles. The van der Waals surface area contributed by atoms with E-state index in [-0.39, 0.29) is 9.77 Å². The zero-order valence-electron chi connectivity index (χ0n) is 15.5. The molecule has 3 aromatic rings.